The Labute approximate surface area is 130 Å². The van der Waals surface area contributed by atoms with Crippen molar-refractivity contribution in [2.45, 2.75) is 37.2 Å². The molecule has 0 radical (unpaired) electrons. The molecule has 0 amide bonds. The summed E-state index contributed by atoms with van der Waals surface area (Å²) in [5.41, 5.74) is 0.746. The van der Waals surface area contributed by atoms with Crippen molar-refractivity contribution in [1.82, 2.24) is 5.32 Å². The molecule has 2 rings (SSSR count). The first-order valence-corrected chi connectivity index (χ1v) is 8.55. The second kappa shape index (κ2) is 7.09. The quantitative estimate of drug-likeness (QED) is 0.772. The normalized spacial score (nSPS) is 17.1. The van der Waals surface area contributed by atoms with Gasteiger partial charge in [-0.3, -0.25) is 0 Å². The lowest BCUT2D eigenvalue weighted by molar-refractivity contribution is -0.0505. The average Bonchev–Trinajstić information content (AvgIpc) is 2.35. The molecular formula is C14H18BrF2NOS. The molecule has 0 unspecified atom stereocenters. The minimum absolute atomic E-state index is 0.238. The maximum absolute atomic E-state index is 12.4. The van der Waals surface area contributed by atoms with Crippen LogP contribution in [0.15, 0.2) is 22.7 Å². The number of nitrogens with one attached hydrogen (secondary N) is 1. The van der Waals surface area contributed by atoms with E-state index in [4.69, 9.17) is 0 Å². The van der Waals surface area contributed by atoms with Crippen molar-refractivity contribution in [2.75, 3.05) is 12.8 Å². The molecule has 20 heavy (non-hydrogen) atoms. The summed E-state index contributed by atoms with van der Waals surface area (Å²) in [7, 11) is 0. The monoisotopic (exact) mass is 365 g/mol. The maximum atomic E-state index is 12.4. The third-order valence-electron chi connectivity index (χ3n) is 3.70. The van der Waals surface area contributed by atoms with Crippen LogP contribution in [-0.2, 0) is 6.54 Å². The van der Waals surface area contributed by atoms with Crippen LogP contribution in [0.1, 0.15) is 24.8 Å². The van der Waals surface area contributed by atoms with Gasteiger partial charge >= 0.3 is 6.61 Å². The summed E-state index contributed by atoms with van der Waals surface area (Å²) in [6.45, 7) is -1.36. The molecule has 0 aliphatic heterocycles. The molecule has 0 saturated heterocycles. The third kappa shape index (κ3) is 4.09. The van der Waals surface area contributed by atoms with Gasteiger partial charge in [-0.05, 0) is 37.3 Å². The van der Waals surface area contributed by atoms with Gasteiger partial charge in [-0.25, -0.2) is 0 Å². The van der Waals surface area contributed by atoms with Gasteiger partial charge in [0.15, 0.2) is 0 Å². The number of halogens is 3. The Kier molecular flexibility index (Phi) is 5.69. The van der Waals surface area contributed by atoms with E-state index in [2.05, 4.69) is 32.2 Å². The van der Waals surface area contributed by atoms with Crippen LogP contribution in [0.2, 0.25) is 0 Å². The SMILES string of the molecule is CSC1(CNCc2cc(Br)ccc2OC(F)F)CCC1. The molecule has 1 aliphatic rings. The highest BCUT2D eigenvalue weighted by atomic mass is 79.9. The van der Waals surface area contributed by atoms with Crippen molar-refractivity contribution in [1.29, 1.82) is 0 Å². The molecule has 1 fully saturated rings. The Hall–Kier alpha value is -0.330. The zero-order valence-corrected chi connectivity index (χ0v) is 13.7. The van der Waals surface area contributed by atoms with E-state index < -0.39 is 6.61 Å². The van der Waals surface area contributed by atoms with Crippen LogP contribution in [0.4, 0.5) is 8.78 Å². The summed E-state index contributed by atoms with van der Waals surface area (Å²) in [5.74, 6) is 0.238. The molecule has 1 saturated carbocycles. The Morgan fingerprint density at radius 2 is 2.20 bits per heavy atom. The summed E-state index contributed by atoms with van der Waals surface area (Å²) in [5, 5.41) is 3.37. The van der Waals surface area contributed by atoms with Crippen LogP contribution in [0.25, 0.3) is 0 Å². The molecule has 2 nitrogen and oxygen atoms in total. The fraction of sp³-hybridized carbons (Fsp3) is 0.571. The van der Waals surface area contributed by atoms with Gasteiger partial charge in [-0.15, -0.1) is 0 Å². The smallest absolute Gasteiger partial charge is 0.387 e. The van der Waals surface area contributed by atoms with Gasteiger partial charge in [0.1, 0.15) is 5.75 Å². The molecule has 0 atom stereocenters. The largest absolute Gasteiger partial charge is 0.434 e. The Morgan fingerprint density at radius 3 is 2.75 bits per heavy atom. The highest BCUT2D eigenvalue weighted by Crippen LogP contribution is 2.42. The molecule has 6 heteroatoms. The lowest BCUT2D eigenvalue weighted by Gasteiger charge is -2.40. The summed E-state index contributed by atoms with van der Waals surface area (Å²) in [6.07, 6.45) is 5.85. The fourth-order valence-corrected chi connectivity index (χ4v) is 3.70. The predicted octanol–water partition coefficient (Wildman–Crippen LogP) is 4.43. The number of rotatable bonds is 7. The van der Waals surface area contributed by atoms with Crippen LogP contribution < -0.4 is 10.1 Å². The zero-order valence-electron chi connectivity index (χ0n) is 11.3. The maximum Gasteiger partial charge on any atom is 0.387 e. The van der Waals surface area contributed by atoms with E-state index >= 15 is 0 Å². The van der Waals surface area contributed by atoms with E-state index in [1.54, 1.807) is 12.1 Å². The van der Waals surface area contributed by atoms with Gasteiger partial charge in [0.2, 0.25) is 0 Å². The van der Waals surface area contributed by atoms with E-state index in [1.165, 1.54) is 19.3 Å². The van der Waals surface area contributed by atoms with Crippen LogP contribution >= 0.6 is 27.7 Å². The molecule has 0 heterocycles. The number of benzene rings is 1. The topological polar surface area (TPSA) is 21.3 Å². The van der Waals surface area contributed by atoms with E-state index in [-0.39, 0.29) is 5.75 Å². The zero-order chi connectivity index (χ0) is 14.6. The van der Waals surface area contributed by atoms with Crippen molar-refractivity contribution in [3.63, 3.8) is 0 Å². The van der Waals surface area contributed by atoms with Crippen LogP contribution in [-0.4, -0.2) is 24.2 Å². The molecule has 112 valence electrons. The van der Waals surface area contributed by atoms with Crippen molar-refractivity contribution in [3.8, 4) is 5.75 Å². The van der Waals surface area contributed by atoms with E-state index in [9.17, 15) is 8.78 Å². The first-order valence-electron chi connectivity index (χ1n) is 6.54. The lowest BCUT2D eigenvalue weighted by atomic mass is 9.84. The molecule has 1 aromatic rings. The highest BCUT2D eigenvalue weighted by molar-refractivity contribution is 9.10. The van der Waals surface area contributed by atoms with Crippen molar-refractivity contribution < 1.29 is 13.5 Å². The average molecular weight is 366 g/mol. The van der Waals surface area contributed by atoms with Gasteiger partial charge in [-0.1, -0.05) is 22.4 Å². The fourth-order valence-electron chi connectivity index (χ4n) is 2.35. The van der Waals surface area contributed by atoms with E-state index in [1.807, 2.05) is 17.8 Å². The lowest BCUT2D eigenvalue weighted by Crippen LogP contribution is -2.43. The van der Waals surface area contributed by atoms with E-state index in [0.717, 1.165) is 16.6 Å². The Bertz CT molecular complexity index is 449. The first kappa shape index (κ1) is 16.0. The number of alkyl halides is 2. The first-order chi connectivity index (χ1) is 9.54. The van der Waals surface area contributed by atoms with Gasteiger partial charge in [0.25, 0.3) is 0 Å². The predicted molar refractivity (Wildman–Crippen MR) is 82.6 cm³/mol. The third-order valence-corrected chi connectivity index (χ3v) is 5.61. The van der Waals surface area contributed by atoms with Gasteiger partial charge < -0.3 is 10.1 Å². The molecule has 1 N–H and O–H groups in total. The minimum atomic E-state index is -2.79. The van der Waals surface area contributed by atoms with Crippen molar-refractivity contribution in [3.05, 3.63) is 28.2 Å². The molecule has 0 spiro atoms. The molecule has 1 aromatic carbocycles. The van der Waals surface area contributed by atoms with Crippen molar-refractivity contribution >= 4 is 27.7 Å². The Balaban J connectivity index is 1.95. The molecule has 0 bridgehead atoms. The number of hydrogen-bond donors (Lipinski definition) is 1. The number of thioether (sulfide) groups is 1. The van der Waals surface area contributed by atoms with E-state index in [0.29, 0.717) is 11.3 Å². The van der Waals surface area contributed by atoms with Crippen LogP contribution in [0, 0.1) is 0 Å². The summed E-state index contributed by atoms with van der Waals surface area (Å²) in [6, 6.07) is 5.09. The van der Waals surface area contributed by atoms with Gasteiger partial charge in [0, 0.05) is 27.9 Å². The van der Waals surface area contributed by atoms with Crippen molar-refractivity contribution in [2.24, 2.45) is 0 Å². The minimum Gasteiger partial charge on any atom is -0.434 e. The standard InChI is InChI=1S/C14H18BrF2NOS/c1-20-14(5-2-6-14)9-18-8-10-7-11(15)3-4-12(10)19-13(16)17/h3-4,7,13,18H,2,5-6,8-9H2,1H3. The second-order valence-electron chi connectivity index (χ2n) is 4.97. The number of hydrogen-bond acceptors (Lipinski definition) is 3. The molecule has 0 aromatic heterocycles. The van der Waals surface area contributed by atoms with Gasteiger partial charge in [-0.2, -0.15) is 20.5 Å². The summed E-state index contributed by atoms with van der Waals surface area (Å²) < 4.78 is 30.5. The summed E-state index contributed by atoms with van der Waals surface area (Å²) in [4.78, 5) is 0. The summed E-state index contributed by atoms with van der Waals surface area (Å²) >= 11 is 5.25. The molecular weight excluding hydrogens is 348 g/mol. The number of ether oxygens (including phenoxy) is 1. The van der Waals surface area contributed by atoms with Crippen LogP contribution in [0.3, 0.4) is 0 Å². The van der Waals surface area contributed by atoms with Gasteiger partial charge in [0.05, 0.1) is 0 Å². The Morgan fingerprint density at radius 1 is 1.45 bits per heavy atom. The van der Waals surface area contributed by atoms with Crippen LogP contribution in [0.5, 0.6) is 5.75 Å². The second-order valence-corrected chi connectivity index (χ2v) is 7.16. The highest BCUT2D eigenvalue weighted by Gasteiger charge is 2.35. The molecule has 1 aliphatic carbocycles.